The van der Waals surface area contributed by atoms with Gasteiger partial charge in [0.25, 0.3) is 0 Å². The minimum absolute atomic E-state index is 0.139. The van der Waals surface area contributed by atoms with E-state index in [1.807, 2.05) is 0 Å². The average Bonchev–Trinajstić information content (AvgIpc) is 3.42. The molecule has 2 fully saturated rings. The van der Waals surface area contributed by atoms with E-state index >= 15 is 8.78 Å². The number of nitrogens with one attached hydrogen (secondary N) is 2. The summed E-state index contributed by atoms with van der Waals surface area (Å²) in [7, 11) is 0. The lowest BCUT2D eigenvalue weighted by Crippen LogP contribution is -2.43. The van der Waals surface area contributed by atoms with Crippen LogP contribution in [0.4, 0.5) is 18.0 Å². The second-order valence-corrected chi connectivity index (χ2v) is 11.3. The van der Waals surface area contributed by atoms with Gasteiger partial charge in [-0.1, -0.05) is 23.8 Å². The Morgan fingerprint density at radius 3 is 2.41 bits per heavy atom. The van der Waals surface area contributed by atoms with Gasteiger partial charge in [-0.15, -0.1) is 0 Å². The molecule has 0 saturated heterocycles. The Morgan fingerprint density at radius 2 is 1.82 bits per heavy atom. The molecule has 2 amide bonds. The van der Waals surface area contributed by atoms with Crippen LogP contribution in [0.5, 0.6) is 0 Å². The zero-order chi connectivity index (χ0) is 24.9. The van der Waals surface area contributed by atoms with Crippen molar-refractivity contribution in [3.63, 3.8) is 0 Å². The van der Waals surface area contributed by atoms with E-state index in [2.05, 4.69) is 10.6 Å². The molecule has 9 heteroatoms. The highest BCUT2D eigenvalue weighted by molar-refractivity contribution is 6.30. The van der Waals surface area contributed by atoms with Crippen molar-refractivity contribution in [2.75, 3.05) is 0 Å². The molecule has 3 aliphatic carbocycles. The summed E-state index contributed by atoms with van der Waals surface area (Å²) in [5.41, 5.74) is -3.13. The number of hydrogen-bond donors (Lipinski definition) is 2. The summed E-state index contributed by atoms with van der Waals surface area (Å²) >= 11 is 5.95. The highest BCUT2D eigenvalue weighted by atomic mass is 35.5. The first-order valence-electron chi connectivity index (χ1n) is 11.6. The number of carbonyl (C=O) groups excluding carboxylic acids is 2. The van der Waals surface area contributed by atoms with Gasteiger partial charge in [-0.25, -0.2) is 18.0 Å². The Hall–Kier alpha value is -2.22. The maximum absolute atomic E-state index is 15.1. The van der Waals surface area contributed by atoms with Crippen LogP contribution < -0.4 is 10.6 Å². The Labute approximate surface area is 202 Å². The number of ether oxygens (including phenoxy) is 1. The third kappa shape index (κ3) is 4.92. The van der Waals surface area contributed by atoms with Gasteiger partial charge in [0.1, 0.15) is 22.9 Å². The van der Waals surface area contributed by atoms with Crippen LogP contribution >= 0.6 is 11.6 Å². The summed E-state index contributed by atoms with van der Waals surface area (Å²) in [5.74, 6) is -2.82. The summed E-state index contributed by atoms with van der Waals surface area (Å²) in [5, 5.41) is 5.28. The quantitative estimate of drug-likeness (QED) is 0.391. The van der Waals surface area contributed by atoms with Gasteiger partial charge >= 0.3 is 6.09 Å². The van der Waals surface area contributed by atoms with Crippen molar-refractivity contribution >= 4 is 23.6 Å². The van der Waals surface area contributed by atoms with E-state index in [0.717, 1.165) is 12.1 Å². The number of alkyl halides is 1. The molecule has 0 unspecified atom stereocenters. The fraction of sp³-hybridized carbons (Fsp3) is 0.600. The van der Waals surface area contributed by atoms with Crippen LogP contribution in [0.2, 0.25) is 5.02 Å². The molecule has 0 radical (unpaired) electrons. The van der Waals surface area contributed by atoms with Gasteiger partial charge in [0, 0.05) is 5.56 Å². The highest BCUT2D eigenvalue weighted by Gasteiger charge is 2.59. The third-order valence-electron chi connectivity index (χ3n) is 7.20. The monoisotopic (exact) mass is 498 g/mol. The summed E-state index contributed by atoms with van der Waals surface area (Å²) in [6, 6.07) is 0.726. The molecule has 0 heterocycles. The van der Waals surface area contributed by atoms with E-state index < -0.39 is 58.3 Å². The normalized spacial score (nSPS) is 30.9. The van der Waals surface area contributed by atoms with Gasteiger partial charge < -0.3 is 15.4 Å². The number of alkyl carbamates (subject to hydrolysis) is 1. The number of fused-ring (bicyclic) bond motifs is 2. The zero-order valence-electron chi connectivity index (χ0n) is 19.5. The number of carbonyl (C=O) groups is 2. The zero-order valence-corrected chi connectivity index (χ0v) is 20.3. The Balaban J connectivity index is 1.52. The molecule has 5 nitrogen and oxygen atoms in total. The van der Waals surface area contributed by atoms with Gasteiger partial charge in [-0.3, -0.25) is 4.79 Å². The first-order chi connectivity index (χ1) is 15.8. The van der Waals surface area contributed by atoms with Crippen molar-refractivity contribution in [1.29, 1.82) is 0 Å². The Bertz CT molecular complexity index is 1020. The Kier molecular flexibility index (Phi) is 6.42. The van der Waals surface area contributed by atoms with E-state index in [1.54, 1.807) is 32.9 Å². The molecule has 1 aromatic rings. The number of hydrogen-bond acceptors (Lipinski definition) is 3. The molecule has 34 heavy (non-hydrogen) atoms. The molecule has 0 spiro atoms. The SMILES string of the molecule is CC(C)(C)OC(=O)N[C@@H]1C=C[C@@H](C(=O)N[C@H](c2c(F)ccc(Cl)c2F)C23CCC(F)(CC2)C3)C1. The molecule has 2 N–H and O–H groups in total. The first kappa shape index (κ1) is 24.9. The van der Waals surface area contributed by atoms with E-state index in [9.17, 15) is 14.0 Å². The molecule has 4 rings (SSSR count). The predicted octanol–water partition coefficient (Wildman–Crippen LogP) is 5.92. The van der Waals surface area contributed by atoms with Gasteiger partial charge in [-0.05, 0) is 76.8 Å². The van der Waals surface area contributed by atoms with Crippen LogP contribution in [0.1, 0.15) is 70.9 Å². The largest absolute Gasteiger partial charge is 0.444 e. The van der Waals surface area contributed by atoms with Crippen molar-refractivity contribution in [1.82, 2.24) is 10.6 Å². The fourth-order valence-electron chi connectivity index (χ4n) is 5.62. The summed E-state index contributed by atoms with van der Waals surface area (Å²) in [6.07, 6.45) is 4.60. The van der Waals surface area contributed by atoms with Crippen LogP contribution in [-0.2, 0) is 9.53 Å². The molecular formula is C25H30ClF3N2O3. The summed E-state index contributed by atoms with van der Waals surface area (Å²) < 4.78 is 50.2. The van der Waals surface area contributed by atoms with E-state index in [-0.39, 0.29) is 23.4 Å². The second-order valence-electron chi connectivity index (χ2n) is 10.9. The number of rotatable bonds is 5. The fourth-order valence-corrected chi connectivity index (χ4v) is 5.78. The van der Waals surface area contributed by atoms with Crippen LogP contribution in [0, 0.1) is 23.0 Å². The topological polar surface area (TPSA) is 67.4 Å². The molecule has 3 atom stereocenters. The van der Waals surface area contributed by atoms with Gasteiger partial charge in [-0.2, -0.15) is 0 Å². The molecule has 0 aliphatic heterocycles. The molecular weight excluding hydrogens is 469 g/mol. The standard InChI is InChI=1S/C25H30ClF3N2O3/c1-23(2,3)34-22(33)30-15-5-4-14(12-15)21(32)31-20(18-17(27)7-6-16(26)19(18)28)24-8-10-25(29,13-24)11-9-24/h4-7,14-15,20H,8-13H2,1-3H3,(H,30,33)(H,31,32)/t14-,15-,20-,24?,25?/m1/s1. The smallest absolute Gasteiger partial charge is 0.408 e. The third-order valence-corrected chi connectivity index (χ3v) is 7.49. The van der Waals surface area contributed by atoms with Crippen molar-refractivity contribution in [3.8, 4) is 0 Å². The van der Waals surface area contributed by atoms with Gasteiger partial charge in [0.2, 0.25) is 5.91 Å². The van der Waals surface area contributed by atoms with Crippen molar-refractivity contribution < 1.29 is 27.5 Å². The Morgan fingerprint density at radius 1 is 1.15 bits per heavy atom. The van der Waals surface area contributed by atoms with Crippen molar-refractivity contribution in [2.24, 2.45) is 11.3 Å². The molecule has 0 aromatic heterocycles. The van der Waals surface area contributed by atoms with E-state index in [0.29, 0.717) is 25.7 Å². The number of amides is 2. The predicted molar refractivity (Wildman–Crippen MR) is 122 cm³/mol. The minimum Gasteiger partial charge on any atom is -0.444 e. The average molecular weight is 499 g/mol. The van der Waals surface area contributed by atoms with Gasteiger partial charge in [0.05, 0.1) is 23.0 Å². The number of halogens is 4. The highest BCUT2D eigenvalue weighted by Crippen LogP contribution is 2.63. The van der Waals surface area contributed by atoms with Crippen LogP contribution in [-0.4, -0.2) is 29.3 Å². The molecule has 1 aromatic carbocycles. The molecule has 3 aliphatic rings. The lowest BCUT2D eigenvalue weighted by Gasteiger charge is -2.37. The minimum atomic E-state index is -1.37. The maximum Gasteiger partial charge on any atom is 0.408 e. The van der Waals surface area contributed by atoms with Crippen LogP contribution in [0.25, 0.3) is 0 Å². The maximum atomic E-state index is 15.1. The van der Waals surface area contributed by atoms with E-state index in [4.69, 9.17) is 16.3 Å². The summed E-state index contributed by atoms with van der Waals surface area (Å²) in [6.45, 7) is 5.25. The summed E-state index contributed by atoms with van der Waals surface area (Å²) in [4.78, 5) is 25.3. The van der Waals surface area contributed by atoms with Crippen LogP contribution in [0.15, 0.2) is 24.3 Å². The number of benzene rings is 1. The molecule has 2 saturated carbocycles. The lowest BCUT2D eigenvalue weighted by atomic mass is 9.74. The molecule has 186 valence electrons. The van der Waals surface area contributed by atoms with Crippen molar-refractivity contribution in [3.05, 3.63) is 46.5 Å². The van der Waals surface area contributed by atoms with Gasteiger partial charge in [0.15, 0.2) is 0 Å². The van der Waals surface area contributed by atoms with Crippen LogP contribution in [0.3, 0.4) is 0 Å². The second kappa shape index (κ2) is 8.77. The lowest BCUT2D eigenvalue weighted by molar-refractivity contribution is -0.125. The van der Waals surface area contributed by atoms with E-state index in [1.165, 1.54) is 0 Å². The van der Waals surface area contributed by atoms with Crippen molar-refractivity contribution in [2.45, 2.75) is 82.6 Å². The first-order valence-corrected chi connectivity index (χ1v) is 12.0. The molecule has 2 bridgehead atoms.